The maximum atomic E-state index is 12.6. The monoisotopic (exact) mass is 298 g/mol. The topological polar surface area (TPSA) is 32.3 Å². The summed E-state index contributed by atoms with van der Waals surface area (Å²) in [5.41, 5.74) is -0.0602. The van der Waals surface area contributed by atoms with Crippen LogP contribution in [0.2, 0.25) is 0 Å². The van der Waals surface area contributed by atoms with Gasteiger partial charge in [-0.15, -0.1) is 0 Å². The number of nitrogens with zero attached hydrogens (tertiary/aromatic N) is 1. The Morgan fingerprint density at radius 2 is 2.24 bits per heavy atom. The number of hydrogen-bond donors (Lipinski definition) is 1. The molecule has 1 aromatic carbocycles. The van der Waals surface area contributed by atoms with Crippen LogP contribution in [0.4, 0.5) is 13.2 Å². The molecule has 3 nitrogen and oxygen atoms in total. The van der Waals surface area contributed by atoms with E-state index < -0.39 is 11.7 Å². The highest BCUT2D eigenvalue weighted by Gasteiger charge is 2.30. The van der Waals surface area contributed by atoms with Gasteiger partial charge < -0.3 is 10.2 Å². The van der Waals surface area contributed by atoms with Gasteiger partial charge >= 0.3 is 6.18 Å². The molecule has 1 atom stereocenters. The van der Waals surface area contributed by atoms with Crippen molar-refractivity contribution in [1.82, 2.24) is 10.2 Å². The Labute approximate surface area is 121 Å². The summed E-state index contributed by atoms with van der Waals surface area (Å²) in [6, 6.07) is 5.37. The predicted molar refractivity (Wildman–Crippen MR) is 73.5 cm³/mol. The van der Waals surface area contributed by atoms with Gasteiger partial charge in [-0.1, -0.05) is 24.8 Å². The van der Waals surface area contributed by atoms with Gasteiger partial charge in [-0.05, 0) is 24.1 Å². The number of likely N-dealkylation sites (tertiary alicyclic amines) is 1. The lowest BCUT2D eigenvalue weighted by Gasteiger charge is -2.15. The van der Waals surface area contributed by atoms with Gasteiger partial charge in [0, 0.05) is 25.7 Å². The summed E-state index contributed by atoms with van der Waals surface area (Å²) in [5.74, 6) is -0.113. The SMILES string of the molecule is C=CC(=O)N1CC[C@@H](NCc2cccc(C(F)(F)F)c2)C1. The van der Waals surface area contributed by atoms with Crippen molar-refractivity contribution < 1.29 is 18.0 Å². The molecule has 0 unspecified atom stereocenters. The van der Waals surface area contributed by atoms with Crippen molar-refractivity contribution in [3.63, 3.8) is 0 Å². The third kappa shape index (κ3) is 4.07. The van der Waals surface area contributed by atoms with Crippen LogP contribution >= 0.6 is 0 Å². The van der Waals surface area contributed by atoms with Crippen molar-refractivity contribution in [1.29, 1.82) is 0 Å². The first-order valence-corrected chi connectivity index (χ1v) is 6.71. The minimum atomic E-state index is -4.32. The van der Waals surface area contributed by atoms with Crippen molar-refractivity contribution in [2.45, 2.75) is 25.2 Å². The summed E-state index contributed by atoms with van der Waals surface area (Å²) in [7, 11) is 0. The normalized spacial score (nSPS) is 18.8. The van der Waals surface area contributed by atoms with E-state index in [0.717, 1.165) is 18.6 Å². The molecule has 1 N–H and O–H groups in total. The maximum Gasteiger partial charge on any atom is 0.416 e. The lowest BCUT2D eigenvalue weighted by atomic mass is 10.1. The first-order chi connectivity index (χ1) is 9.90. The molecule has 21 heavy (non-hydrogen) atoms. The number of carbonyl (C=O) groups excluding carboxylic acids is 1. The molecule has 1 saturated heterocycles. The molecule has 0 bridgehead atoms. The minimum absolute atomic E-state index is 0.100. The number of rotatable bonds is 4. The summed E-state index contributed by atoms with van der Waals surface area (Å²) < 4.78 is 37.8. The third-order valence-electron chi connectivity index (χ3n) is 3.52. The second kappa shape index (κ2) is 6.30. The number of carbonyl (C=O) groups is 1. The molecule has 1 aliphatic rings. The molecule has 1 aromatic rings. The largest absolute Gasteiger partial charge is 0.416 e. The molecular formula is C15H17F3N2O. The van der Waals surface area contributed by atoms with E-state index in [1.165, 1.54) is 12.1 Å². The Morgan fingerprint density at radius 1 is 1.48 bits per heavy atom. The van der Waals surface area contributed by atoms with Gasteiger partial charge in [0.1, 0.15) is 0 Å². The van der Waals surface area contributed by atoms with Gasteiger partial charge in [-0.25, -0.2) is 0 Å². The fraction of sp³-hybridized carbons (Fsp3) is 0.400. The zero-order chi connectivity index (χ0) is 15.5. The molecule has 0 saturated carbocycles. The van der Waals surface area contributed by atoms with E-state index in [1.807, 2.05) is 0 Å². The van der Waals surface area contributed by atoms with Gasteiger partial charge in [-0.3, -0.25) is 4.79 Å². The van der Waals surface area contributed by atoms with Crippen molar-refractivity contribution in [3.05, 3.63) is 48.0 Å². The molecule has 114 valence electrons. The minimum Gasteiger partial charge on any atom is -0.338 e. The Hall–Kier alpha value is -1.82. The van der Waals surface area contributed by atoms with E-state index in [2.05, 4.69) is 11.9 Å². The maximum absolute atomic E-state index is 12.6. The van der Waals surface area contributed by atoms with Crippen LogP contribution in [-0.4, -0.2) is 29.9 Å². The second-order valence-corrected chi connectivity index (χ2v) is 5.05. The molecule has 6 heteroatoms. The quantitative estimate of drug-likeness (QED) is 0.867. The zero-order valence-corrected chi connectivity index (χ0v) is 11.5. The van der Waals surface area contributed by atoms with Crippen molar-refractivity contribution >= 4 is 5.91 Å². The first kappa shape index (κ1) is 15.6. The number of halogens is 3. The van der Waals surface area contributed by atoms with E-state index >= 15 is 0 Å². The van der Waals surface area contributed by atoms with E-state index in [4.69, 9.17) is 0 Å². The molecular weight excluding hydrogens is 281 g/mol. The Balaban J connectivity index is 1.90. The van der Waals surface area contributed by atoms with E-state index in [1.54, 1.807) is 11.0 Å². The fourth-order valence-electron chi connectivity index (χ4n) is 2.38. The van der Waals surface area contributed by atoms with E-state index in [-0.39, 0.29) is 11.9 Å². The molecule has 1 heterocycles. The number of hydrogen-bond acceptors (Lipinski definition) is 2. The van der Waals surface area contributed by atoms with E-state index in [9.17, 15) is 18.0 Å². The smallest absolute Gasteiger partial charge is 0.338 e. The summed E-state index contributed by atoms with van der Waals surface area (Å²) in [4.78, 5) is 13.1. The second-order valence-electron chi connectivity index (χ2n) is 5.05. The average molecular weight is 298 g/mol. The standard InChI is InChI=1S/C15H17F3N2O/c1-2-14(21)20-7-6-13(10-20)19-9-11-4-3-5-12(8-11)15(16,17)18/h2-5,8,13,19H,1,6-7,9-10H2/t13-/m1/s1. The van der Waals surface area contributed by atoms with Crippen LogP contribution in [0.5, 0.6) is 0 Å². The van der Waals surface area contributed by atoms with Gasteiger partial charge in [-0.2, -0.15) is 13.2 Å². The van der Waals surface area contributed by atoms with Crippen LogP contribution < -0.4 is 5.32 Å². The van der Waals surface area contributed by atoms with E-state index in [0.29, 0.717) is 25.2 Å². The van der Waals surface area contributed by atoms with Gasteiger partial charge in [0.05, 0.1) is 5.56 Å². The number of amides is 1. The molecule has 0 aromatic heterocycles. The average Bonchev–Trinajstić information content (AvgIpc) is 2.92. The number of nitrogens with one attached hydrogen (secondary N) is 1. The molecule has 1 fully saturated rings. The molecule has 0 aliphatic carbocycles. The van der Waals surface area contributed by atoms with Crippen LogP contribution in [0.15, 0.2) is 36.9 Å². The van der Waals surface area contributed by atoms with Crippen LogP contribution in [0, 0.1) is 0 Å². The Kier molecular flexibility index (Phi) is 4.67. The highest BCUT2D eigenvalue weighted by atomic mass is 19.4. The Bertz CT molecular complexity index is 528. The molecule has 1 aliphatic heterocycles. The van der Waals surface area contributed by atoms with Crippen LogP contribution in [0.25, 0.3) is 0 Å². The molecule has 2 rings (SSSR count). The van der Waals surface area contributed by atoms with Gasteiger partial charge in [0.25, 0.3) is 0 Å². The molecule has 0 radical (unpaired) electrons. The number of alkyl halides is 3. The van der Waals surface area contributed by atoms with Crippen molar-refractivity contribution in [2.24, 2.45) is 0 Å². The zero-order valence-electron chi connectivity index (χ0n) is 11.5. The molecule has 0 spiro atoms. The summed E-state index contributed by atoms with van der Waals surface area (Å²) in [5, 5.41) is 3.19. The van der Waals surface area contributed by atoms with Crippen molar-refractivity contribution in [2.75, 3.05) is 13.1 Å². The van der Waals surface area contributed by atoms with Crippen LogP contribution in [0.3, 0.4) is 0 Å². The first-order valence-electron chi connectivity index (χ1n) is 6.71. The fourth-order valence-corrected chi connectivity index (χ4v) is 2.38. The summed E-state index contributed by atoms with van der Waals surface area (Å²) in [6.07, 6.45) is -2.26. The molecule has 1 amide bonds. The summed E-state index contributed by atoms with van der Waals surface area (Å²) in [6.45, 7) is 4.99. The highest BCUT2D eigenvalue weighted by Crippen LogP contribution is 2.29. The van der Waals surface area contributed by atoms with Crippen LogP contribution in [0.1, 0.15) is 17.5 Å². The lowest BCUT2D eigenvalue weighted by Crippen LogP contribution is -2.34. The summed E-state index contributed by atoms with van der Waals surface area (Å²) >= 11 is 0. The van der Waals surface area contributed by atoms with Crippen molar-refractivity contribution in [3.8, 4) is 0 Å². The highest BCUT2D eigenvalue weighted by molar-refractivity contribution is 5.87. The lowest BCUT2D eigenvalue weighted by molar-refractivity contribution is -0.137. The predicted octanol–water partition coefficient (Wildman–Crippen LogP) is 2.58. The number of benzene rings is 1. The third-order valence-corrected chi connectivity index (χ3v) is 3.52. The Morgan fingerprint density at radius 3 is 2.90 bits per heavy atom. The van der Waals surface area contributed by atoms with Gasteiger partial charge in [0.15, 0.2) is 0 Å². The van der Waals surface area contributed by atoms with Gasteiger partial charge in [0.2, 0.25) is 5.91 Å². The van der Waals surface area contributed by atoms with Crippen LogP contribution in [-0.2, 0) is 17.5 Å².